The predicted octanol–water partition coefficient (Wildman–Crippen LogP) is 2.83. The number of hydrogen-bond acceptors (Lipinski definition) is 5. The highest BCUT2D eigenvalue weighted by molar-refractivity contribution is 5.46. The highest BCUT2D eigenvalue weighted by Crippen LogP contribution is 2.32. The molecule has 2 aromatic rings. The summed E-state index contributed by atoms with van der Waals surface area (Å²) < 4.78 is 11.1. The Bertz CT molecular complexity index is 755. The van der Waals surface area contributed by atoms with Gasteiger partial charge in [0.25, 0.3) is 0 Å². The van der Waals surface area contributed by atoms with Gasteiger partial charge in [-0.2, -0.15) is 0 Å². The van der Waals surface area contributed by atoms with Gasteiger partial charge < -0.3 is 19.5 Å². The lowest BCUT2D eigenvalue weighted by atomic mass is 10.1. The van der Waals surface area contributed by atoms with E-state index in [1.54, 1.807) is 6.26 Å². The summed E-state index contributed by atoms with van der Waals surface area (Å²) in [6, 6.07) is 16.1. The second-order valence-electron chi connectivity index (χ2n) is 6.65. The molecule has 5 nitrogen and oxygen atoms in total. The number of piperazine rings is 1. The van der Waals surface area contributed by atoms with Gasteiger partial charge in [-0.25, -0.2) is 0 Å². The molecule has 2 aliphatic rings. The molecule has 2 aliphatic heterocycles. The van der Waals surface area contributed by atoms with Crippen molar-refractivity contribution in [2.75, 3.05) is 44.2 Å². The van der Waals surface area contributed by atoms with E-state index in [0.717, 1.165) is 31.7 Å². The maximum Gasteiger partial charge on any atom is 0.168 e. The average Bonchev–Trinajstić information content (AvgIpc) is 2.94. The van der Waals surface area contributed by atoms with Crippen LogP contribution in [0.15, 0.2) is 60.9 Å². The minimum atomic E-state index is -0.539. The molecule has 0 aromatic heterocycles. The van der Waals surface area contributed by atoms with Crippen molar-refractivity contribution < 1.29 is 14.6 Å². The lowest BCUT2D eigenvalue weighted by molar-refractivity contribution is 0.109. The summed E-state index contributed by atoms with van der Waals surface area (Å²) in [5.41, 5.74) is 2.13. The number of fused-ring (bicyclic) bond motifs is 1. The van der Waals surface area contributed by atoms with Crippen molar-refractivity contribution in [1.29, 1.82) is 0 Å². The molecule has 136 valence electrons. The van der Waals surface area contributed by atoms with Gasteiger partial charge >= 0.3 is 0 Å². The van der Waals surface area contributed by atoms with Crippen molar-refractivity contribution >= 4 is 5.69 Å². The number of anilines is 1. The van der Waals surface area contributed by atoms with Gasteiger partial charge in [-0.1, -0.05) is 24.3 Å². The monoisotopic (exact) mass is 352 g/mol. The second-order valence-corrected chi connectivity index (χ2v) is 6.65. The fraction of sp³-hybridized carbons (Fsp3) is 0.333. The zero-order valence-corrected chi connectivity index (χ0v) is 14.8. The second kappa shape index (κ2) is 7.81. The van der Waals surface area contributed by atoms with Crippen molar-refractivity contribution in [1.82, 2.24) is 4.90 Å². The highest BCUT2D eigenvalue weighted by Gasteiger charge is 2.21. The normalized spacial score (nSPS) is 18.4. The maximum absolute atomic E-state index is 10.7. The van der Waals surface area contributed by atoms with Crippen LogP contribution in [0.2, 0.25) is 0 Å². The number of benzene rings is 2. The Labute approximate surface area is 154 Å². The molecule has 1 unspecified atom stereocenters. The quantitative estimate of drug-likeness (QED) is 0.917. The summed E-state index contributed by atoms with van der Waals surface area (Å²) in [5, 5.41) is 10.7. The van der Waals surface area contributed by atoms with E-state index in [4.69, 9.17) is 9.47 Å². The Balaban J connectivity index is 1.34. The summed E-state index contributed by atoms with van der Waals surface area (Å²) in [4.78, 5) is 4.71. The van der Waals surface area contributed by atoms with Gasteiger partial charge in [-0.15, -0.1) is 0 Å². The van der Waals surface area contributed by atoms with Crippen LogP contribution in [0.5, 0.6) is 11.5 Å². The summed E-state index contributed by atoms with van der Waals surface area (Å²) >= 11 is 0. The molecule has 1 N–H and O–H groups in total. The first-order valence-electron chi connectivity index (χ1n) is 9.08. The molecule has 1 atom stereocenters. The highest BCUT2D eigenvalue weighted by atomic mass is 16.5. The van der Waals surface area contributed by atoms with Crippen LogP contribution in [0.4, 0.5) is 5.69 Å². The van der Waals surface area contributed by atoms with Crippen molar-refractivity contribution in [3.05, 3.63) is 66.4 Å². The average molecular weight is 352 g/mol. The third kappa shape index (κ3) is 3.84. The van der Waals surface area contributed by atoms with Crippen LogP contribution in [-0.2, 0) is 0 Å². The number of nitrogens with zero attached hydrogens (tertiary/aromatic N) is 2. The zero-order valence-electron chi connectivity index (χ0n) is 14.8. The van der Waals surface area contributed by atoms with E-state index in [0.29, 0.717) is 24.7 Å². The standard InChI is InChI=1S/C21H24N2O3/c24-19(17-7-8-20-21(15-17)26-14-4-13-25-20)16-22-9-11-23(12-10-22)18-5-2-1-3-6-18/h1-8,13,15,19,24H,9-12,14,16H2. The van der Waals surface area contributed by atoms with Gasteiger partial charge in [0.15, 0.2) is 11.5 Å². The Morgan fingerprint density at radius 1 is 0.962 bits per heavy atom. The van der Waals surface area contributed by atoms with Gasteiger partial charge in [0.2, 0.25) is 0 Å². The van der Waals surface area contributed by atoms with Crippen LogP contribution in [0.25, 0.3) is 0 Å². The molecule has 0 saturated carbocycles. The third-order valence-electron chi connectivity index (χ3n) is 4.90. The van der Waals surface area contributed by atoms with Crippen LogP contribution in [0.1, 0.15) is 11.7 Å². The van der Waals surface area contributed by atoms with Crippen molar-refractivity contribution in [2.45, 2.75) is 6.10 Å². The molecule has 2 heterocycles. The Morgan fingerprint density at radius 2 is 1.77 bits per heavy atom. The topological polar surface area (TPSA) is 45.2 Å². The molecule has 0 bridgehead atoms. The summed E-state index contributed by atoms with van der Waals surface area (Å²) in [6.07, 6.45) is 2.92. The zero-order chi connectivity index (χ0) is 17.8. The Kier molecular flexibility index (Phi) is 5.09. The number of aliphatic hydroxyl groups excluding tert-OH is 1. The fourth-order valence-electron chi connectivity index (χ4n) is 3.42. The summed E-state index contributed by atoms with van der Waals surface area (Å²) in [6.45, 7) is 4.95. The van der Waals surface area contributed by atoms with Gasteiger partial charge in [-0.05, 0) is 35.9 Å². The first-order chi connectivity index (χ1) is 12.8. The molecule has 0 radical (unpaired) electrons. The smallest absolute Gasteiger partial charge is 0.168 e. The molecular formula is C21H24N2O3. The predicted molar refractivity (Wildman–Crippen MR) is 102 cm³/mol. The Morgan fingerprint density at radius 3 is 2.58 bits per heavy atom. The first kappa shape index (κ1) is 16.9. The number of rotatable bonds is 4. The van der Waals surface area contributed by atoms with E-state index in [-0.39, 0.29) is 0 Å². The lowest BCUT2D eigenvalue weighted by Gasteiger charge is -2.37. The molecular weight excluding hydrogens is 328 g/mol. The molecule has 0 amide bonds. The van der Waals surface area contributed by atoms with Crippen LogP contribution in [0, 0.1) is 0 Å². The number of para-hydroxylation sites is 1. The molecule has 2 aromatic carbocycles. The van der Waals surface area contributed by atoms with Crippen molar-refractivity contribution in [3.8, 4) is 11.5 Å². The van der Waals surface area contributed by atoms with Gasteiger partial charge in [0, 0.05) is 38.4 Å². The van der Waals surface area contributed by atoms with E-state index in [2.05, 4.69) is 34.1 Å². The molecule has 5 heteroatoms. The molecule has 26 heavy (non-hydrogen) atoms. The Hall–Kier alpha value is -2.50. The maximum atomic E-state index is 10.7. The van der Waals surface area contributed by atoms with Gasteiger partial charge in [0.05, 0.1) is 12.4 Å². The van der Waals surface area contributed by atoms with Gasteiger partial charge in [0.1, 0.15) is 6.61 Å². The van der Waals surface area contributed by atoms with E-state index < -0.39 is 6.10 Å². The van der Waals surface area contributed by atoms with E-state index in [1.807, 2.05) is 30.3 Å². The summed E-state index contributed by atoms with van der Waals surface area (Å²) in [7, 11) is 0. The van der Waals surface area contributed by atoms with E-state index in [9.17, 15) is 5.11 Å². The molecule has 0 spiro atoms. The molecule has 0 aliphatic carbocycles. The number of hydrogen-bond donors (Lipinski definition) is 1. The number of aliphatic hydroxyl groups is 1. The lowest BCUT2D eigenvalue weighted by Crippen LogP contribution is -2.47. The van der Waals surface area contributed by atoms with Crippen molar-refractivity contribution in [2.24, 2.45) is 0 Å². The van der Waals surface area contributed by atoms with E-state index >= 15 is 0 Å². The SMILES string of the molecule is OC(CN1CCN(c2ccccc2)CC1)c1ccc2c(c1)OCC=CO2. The third-order valence-corrected chi connectivity index (χ3v) is 4.90. The van der Waals surface area contributed by atoms with Crippen LogP contribution in [-0.4, -0.2) is 49.3 Å². The molecule has 1 fully saturated rings. The fourth-order valence-corrected chi connectivity index (χ4v) is 3.42. The minimum absolute atomic E-state index is 0.480. The first-order valence-corrected chi connectivity index (χ1v) is 9.08. The number of β-amino-alcohol motifs (C(OH)–C–C–N with tert-alkyl or cyclic N) is 1. The molecule has 1 saturated heterocycles. The van der Waals surface area contributed by atoms with Crippen molar-refractivity contribution in [3.63, 3.8) is 0 Å². The van der Waals surface area contributed by atoms with Gasteiger partial charge in [-0.3, -0.25) is 4.90 Å². The number of ether oxygens (including phenoxy) is 2. The minimum Gasteiger partial charge on any atom is -0.485 e. The van der Waals surface area contributed by atoms with Crippen LogP contribution in [0.3, 0.4) is 0 Å². The molecule has 4 rings (SSSR count). The summed E-state index contributed by atoms with van der Waals surface area (Å²) in [5.74, 6) is 1.37. The van der Waals surface area contributed by atoms with Crippen LogP contribution >= 0.6 is 0 Å². The largest absolute Gasteiger partial charge is 0.485 e. The van der Waals surface area contributed by atoms with Crippen LogP contribution < -0.4 is 14.4 Å². The van der Waals surface area contributed by atoms with E-state index in [1.165, 1.54) is 5.69 Å².